The lowest BCUT2D eigenvalue weighted by molar-refractivity contribution is -0.150. The number of ketones is 1. The molecular formula is C31H48O2. The van der Waals surface area contributed by atoms with Crippen molar-refractivity contribution in [2.24, 2.45) is 38.9 Å². The molecule has 6 atom stereocenters. The van der Waals surface area contributed by atoms with Gasteiger partial charge in [0, 0.05) is 11.8 Å². The SMILES string of the molecule is C/C(=C\CC[C@@H](C)[C@H]1CC[C@@]2(C)C3=CC[C@@]4(C)C(C)(C)C(=O)CC[C@]4(C)C3=CC[C@]12C)CO. The quantitative estimate of drug-likeness (QED) is 0.432. The normalized spacial score (nSPS) is 43.2. The third-order valence-electron chi connectivity index (χ3n) is 12.2. The van der Waals surface area contributed by atoms with Crippen LogP contribution in [0.4, 0.5) is 0 Å². The second-order valence-electron chi connectivity index (χ2n) is 13.5. The van der Waals surface area contributed by atoms with Gasteiger partial charge in [0.1, 0.15) is 5.78 Å². The molecule has 0 saturated heterocycles. The van der Waals surface area contributed by atoms with Crippen LogP contribution in [0.2, 0.25) is 0 Å². The van der Waals surface area contributed by atoms with Crippen molar-refractivity contribution in [3.63, 3.8) is 0 Å². The summed E-state index contributed by atoms with van der Waals surface area (Å²) in [7, 11) is 0. The lowest BCUT2D eigenvalue weighted by Gasteiger charge is -2.64. The van der Waals surface area contributed by atoms with E-state index in [4.69, 9.17) is 0 Å². The van der Waals surface area contributed by atoms with Crippen LogP contribution in [0.15, 0.2) is 34.9 Å². The number of aliphatic hydroxyl groups excluding tert-OH is 1. The average Bonchev–Trinajstić information content (AvgIpc) is 3.04. The molecule has 0 radical (unpaired) electrons. The first-order valence-electron chi connectivity index (χ1n) is 13.5. The first-order valence-corrected chi connectivity index (χ1v) is 13.5. The highest BCUT2D eigenvalue weighted by atomic mass is 16.3. The summed E-state index contributed by atoms with van der Waals surface area (Å²) in [5, 5.41) is 9.32. The van der Waals surface area contributed by atoms with Crippen molar-refractivity contribution in [3.8, 4) is 0 Å². The molecule has 1 N–H and O–H groups in total. The number of carbonyl (C=O) groups excluding carboxylic acids is 1. The molecule has 184 valence electrons. The molecule has 0 unspecified atom stereocenters. The largest absolute Gasteiger partial charge is 0.392 e. The zero-order chi connectivity index (χ0) is 24.4. The summed E-state index contributed by atoms with van der Waals surface area (Å²) in [6.45, 7) is 19.1. The Morgan fingerprint density at radius 2 is 1.70 bits per heavy atom. The van der Waals surface area contributed by atoms with Crippen molar-refractivity contribution in [1.29, 1.82) is 0 Å². The summed E-state index contributed by atoms with van der Waals surface area (Å²) in [6, 6.07) is 0. The first kappa shape index (κ1) is 25.0. The fourth-order valence-corrected chi connectivity index (χ4v) is 8.79. The molecule has 2 fully saturated rings. The van der Waals surface area contributed by atoms with Gasteiger partial charge in [-0.15, -0.1) is 0 Å². The third-order valence-corrected chi connectivity index (χ3v) is 12.2. The molecule has 33 heavy (non-hydrogen) atoms. The second-order valence-corrected chi connectivity index (χ2v) is 13.5. The minimum Gasteiger partial charge on any atom is -0.392 e. The van der Waals surface area contributed by atoms with Gasteiger partial charge >= 0.3 is 0 Å². The monoisotopic (exact) mass is 452 g/mol. The molecule has 0 aromatic rings. The summed E-state index contributed by atoms with van der Waals surface area (Å²) in [6.07, 6.45) is 16.2. The van der Waals surface area contributed by atoms with Gasteiger partial charge < -0.3 is 5.11 Å². The van der Waals surface area contributed by atoms with E-state index in [2.05, 4.69) is 66.7 Å². The van der Waals surface area contributed by atoms with Gasteiger partial charge in [0.2, 0.25) is 0 Å². The molecule has 4 aliphatic carbocycles. The summed E-state index contributed by atoms with van der Waals surface area (Å²) < 4.78 is 0. The highest BCUT2D eigenvalue weighted by Gasteiger charge is 2.66. The van der Waals surface area contributed by atoms with Gasteiger partial charge in [-0.3, -0.25) is 4.79 Å². The predicted octanol–water partition coefficient (Wildman–Crippen LogP) is 7.83. The van der Waals surface area contributed by atoms with Crippen molar-refractivity contribution in [1.82, 2.24) is 0 Å². The molecule has 0 amide bonds. The average molecular weight is 453 g/mol. The first-order chi connectivity index (χ1) is 15.3. The molecule has 2 nitrogen and oxygen atoms in total. The Hall–Kier alpha value is -1.15. The van der Waals surface area contributed by atoms with Crippen molar-refractivity contribution in [3.05, 3.63) is 34.9 Å². The Kier molecular flexibility index (Phi) is 6.00. The van der Waals surface area contributed by atoms with Gasteiger partial charge in [-0.1, -0.05) is 72.3 Å². The molecule has 0 heterocycles. The van der Waals surface area contributed by atoms with Crippen LogP contribution in [0.25, 0.3) is 0 Å². The molecule has 0 aliphatic heterocycles. The van der Waals surface area contributed by atoms with Crippen LogP contribution in [0, 0.1) is 38.9 Å². The van der Waals surface area contributed by atoms with E-state index >= 15 is 0 Å². The van der Waals surface area contributed by atoms with E-state index in [-0.39, 0.29) is 28.3 Å². The van der Waals surface area contributed by atoms with Crippen LogP contribution in [0.5, 0.6) is 0 Å². The minimum atomic E-state index is -0.280. The molecule has 0 spiro atoms. The summed E-state index contributed by atoms with van der Waals surface area (Å²) in [5.41, 5.74) is 4.61. The summed E-state index contributed by atoms with van der Waals surface area (Å²) >= 11 is 0. The van der Waals surface area contributed by atoms with E-state index in [1.54, 1.807) is 11.1 Å². The van der Waals surface area contributed by atoms with Crippen molar-refractivity contribution >= 4 is 5.78 Å². The number of fused-ring (bicyclic) bond motifs is 5. The van der Waals surface area contributed by atoms with Crippen molar-refractivity contribution < 1.29 is 9.90 Å². The predicted molar refractivity (Wildman–Crippen MR) is 138 cm³/mol. The maximum absolute atomic E-state index is 13.0. The Bertz CT molecular complexity index is 919. The lowest BCUT2D eigenvalue weighted by Crippen LogP contribution is -2.59. The zero-order valence-electron chi connectivity index (χ0n) is 22.6. The van der Waals surface area contributed by atoms with Crippen LogP contribution < -0.4 is 0 Å². The van der Waals surface area contributed by atoms with Crippen LogP contribution in [0.3, 0.4) is 0 Å². The van der Waals surface area contributed by atoms with Gasteiger partial charge in [0.05, 0.1) is 6.61 Å². The molecule has 0 aromatic carbocycles. The van der Waals surface area contributed by atoms with Gasteiger partial charge in [-0.2, -0.15) is 0 Å². The fraction of sp³-hybridized carbons (Fsp3) is 0.774. The molecule has 0 aromatic heterocycles. The fourth-order valence-electron chi connectivity index (χ4n) is 8.79. The molecule has 4 rings (SSSR count). The second kappa shape index (κ2) is 7.94. The summed E-state index contributed by atoms with van der Waals surface area (Å²) in [5.74, 6) is 1.87. The van der Waals surface area contributed by atoms with E-state index < -0.39 is 0 Å². The number of hydrogen-bond donors (Lipinski definition) is 1. The Morgan fingerprint density at radius 1 is 1.06 bits per heavy atom. The highest BCUT2D eigenvalue weighted by Crippen LogP contribution is 2.74. The molecule has 2 saturated carbocycles. The Morgan fingerprint density at radius 3 is 2.36 bits per heavy atom. The topological polar surface area (TPSA) is 37.3 Å². The third kappa shape index (κ3) is 3.18. The van der Waals surface area contributed by atoms with Crippen LogP contribution in [-0.2, 0) is 4.79 Å². The van der Waals surface area contributed by atoms with Crippen LogP contribution in [-0.4, -0.2) is 17.5 Å². The minimum absolute atomic E-state index is 0.0169. The number of aliphatic hydroxyl groups is 1. The molecule has 4 aliphatic rings. The standard InChI is InChI=1S/C31H48O2/c1-21(20-32)10-9-11-22(2)23-12-16-29(6)24-14-19-31(8)27(3,4)26(33)15-18-30(31,7)25(24)13-17-28(23,29)5/h10,13-14,22-23,32H,9,11-12,15-20H2,1-8H3/b21-10+/t22-,23-,28-,29+,30-,31+/m1/s1. The maximum atomic E-state index is 13.0. The van der Waals surface area contributed by atoms with E-state index in [9.17, 15) is 9.90 Å². The lowest BCUT2D eigenvalue weighted by atomic mass is 9.39. The van der Waals surface area contributed by atoms with E-state index in [1.807, 2.05) is 6.92 Å². The highest BCUT2D eigenvalue weighted by molar-refractivity contribution is 5.87. The van der Waals surface area contributed by atoms with Gasteiger partial charge in [-0.25, -0.2) is 0 Å². The van der Waals surface area contributed by atoms with E-state index in [1.165, 1.54) is 19.3 Å². The number of Topliss-reactive ketones (excluding diaryl/α,β-unsaturated/α-hetero) is 1. The van der Waals surface area contributed by atoms with Crippen LogP contribution >= 0.6 is 0 Å². The Balaban J connectivity index is 1.67. The number of rotatable bonds is 5. The van der Waals surface area contributed by atoms with Crippen LogP contribution in [0.1, 0.15) is 107 Å². The van der Waals surface area contributed by atoms with Crippen molar-refractivity contribution in [2.45, 2.75) is 107 Å². The van der Waals surface area contributed by atoms with Gasteiger partial charge in [0.25, 0.3) is 0 Å². The number of carbonyl (C=O) groups is 1. The number of allylic oxidation sites excluding steroid dienone is 5. The number of hydrogen-bond acceptors (Lipinski definition) is 2. The zero-order valence-corrected chi connectivity index (χ0v) is 22.6. The van der Waals surface area contributed by atoms with E-state index in [0.29, 0.717) is 17.1 Å². The van der Waals surface area contributed by atoms with Crippen molar-refractivity contribution in [2.75, 3.05) is 6.61 Å². The van der Waals surface area contributed by atoms with E-state index in [0.717, 1.165) is 43.6 Å². The van der Waals surface area contributed by atoms with Gasteiger partial charge in [0.15, 0.2) is 0 Å². The molecule has 0 bridgehead atoms. The smallest absolute Gasteiger partial charge is 0.139 e. The molecular weight excluding hydrogens is 404 g/mol. The van der Waals surface area contributed by atoms with Gasteiger partial charge in [-0.05, 0) is 96.5 Å². The maximum Gasteiger partial charge on any atom is 0.139 e. The molecule has 2 heteroatoms. The summed E-state index contributed by atoms with van der Waals surface area (Å²) in [4.78, 5) is 13.0. The Labute approximate surface area is 203 Å².